The first-order valence-corrected chi connectivity index (χ1v) is 9.75. The van der Waals surface area contributed by atoms with Gasteiger partial charge in [0, 0.05) is 23.8 Å². The molecule has 2 atom stereocenters. The van der Waals surface area contributed by atoms with E-state index >= 15 is 0 Å². The van der Waals surface area contributed by atoms with E-state index < -0.39 is 12.0 Å². The number of amides is 1. The lowest BCUT2D eigenvalue weighted by atomic mass is 9.91. The molecule has 1 heterocycles. The van der Waals surface area contributed by atoms with Crippen LogP contribution in [0.2, 0.25) is 0 Å². The van der Waals surface area contributed by atoms with Gasteiger partial charge in [-0.2, -0.15) is 0 Å². The number of benzene rings is 2. The van der Waals surface area contributed by atoms with Crippen molar-refractivity contribution >= 4 is 39.2 Å². The fourth-order valence-electron chi connectivity index (χ4n) is 3.52. The van der Waals surface area contributed by atoms with Gasteiger partial charge < -0.3 is 20.1 Å². The third-order valence-electron chi connectivity index (χ3n) is 4.80. The van der Waals surface area contributed by atoms with Gasteiger partial charge in [-0.25, -0.2) is 4.79 Å². The van der Waals surface area contributed by atoms with Crippen molar-refractivity contribution in [2.75, 3.05) is 29.2 Å². The topological polar surface area (TPSA) is 78.9 Å². The quantitative estimate of drug-likeness (QED) is 0.683. The van der Waals surface area contributed by atoms with E-state index in [9.17, 15) is 14.7 Å². The molecule has 0 saturated carbocycles. The van der Waals surface area contributed by atoms with Crippen LogP contribution in [0.4, 0.5) is 11.4 Å². The summed E-state index contributed by atoms with van der Waals surface area (Å²) in [6.45, 7) is 0.654. The molecule has 2 aromatic rings. The summed E-state index contributed by atoms with van der Waals surface area (Å²) in [6.07, 6.45) is 0.755. The number of hydrogen-bond donors (Lipinski definition) is 2. The Hall–Kier alpha value is -2.54. The van der Waals surface area contributed by atoms with Gasteiger partial charge in [0.25, 0.3) is 0 Å². The van der Waals surface area contributed by atoms with Crippen molar-refractivity contribution in [2.45, 2.75) is 18.4 Å². The predicted octanol–water partition coefficient (Wildman–Crippen LogP) is 3.48. The number of aliphatic carboxylic acids is 1. The highest BCUT2D eigenvalue weighted by Gasteiger charge is 2.40. The van der Waals surface area contributed by atoms with Crippen molar-refractivity contribution in [2.24, 2.45) is 0 Å². The maximum Gasteiger partial charge on any atom is 0.326 e. The number of ether oxygens (including phenoxy) is 1. The van der Waals surface area contributed by atoms with E-state index in [1.54, 1.807) is 19.2 Å². The molecule has 0 unspecified atom stereocenters. The monoisotopic (exact) mass is 432 g/mol. The number of carboxylic acids is 1. The lowest BCUT2D eigenvalue weighted by molar-refractivity contribution is -0.138. The van der Waals surface area contributed by atoms with Crippen molar-refractivity contribution in [3.8, 4) is 5.75 Å². The highest BCUT2D eigenvalue weighted by atomic mass is 79.9. The second kappa shape index (κ2) is 8.43. The van der Waals surface area contributed by atoms with Crippen LogP contribution in [0.5, 0.6) is 5.75 Å². The summed E-state index contributed by atoms with van der Waals surface area (Å²) in [5.41, 5.74) is 2.50. The maximum absolute atomic E-state index is 12.0. The van der Waals surface area contributed by atoms with Crippen molar-refractivity contribution in [1.29, 1.82) is 0 Å². The molecule has 1 saturated heterocycles. The smallest absolute Gasteiger partial charge is 0.326 e. The normalized spacial score (nSPS) is 19.0. The molecule has 27 heavy (non-hydrogen) atoms. The Bertz CT molecular complexity index is 808. The van der Waals surface area contributed by atoms with Crippen molar-refractivity contribution in [3.05, 3.63) is 54.1 Å². The van der Waals surface area contributed by atoms with Crippen molar-refractivity contribution in [3.63, 3.8) is 0 Å². The Morgan fingerprint density at radius 3 is 2.41 bits per heavy atom. The minimum atomic E-state index is -0.843. The minimum absolute atomic E-state index is 0.0961. The molecular formula is C20H21BrN2O4. The Morgan fingerprint density at radius 2 is 1.85 bits per heavy atom. The number of nitrogens with one attached hydrogen (secondary N) is 1. The average molecular weight is 433 g/mol. The van der Waals surface area contributed by atoms with Gasteiger partial charge in [-0.15, -0.1) is 0 Å². The summed E-state index contributed by atoms with van der Waals surface area (Å²) >= 11 is 3.11. The molecule has 0 spiro atoms. The molecule has 1 amide bonds. The summed E-state index contributed by atoms with van der Waals surface area (Å²) in [4.78, 5) is 25.4. The lowest BCUT2D eigenvalue weighted by Crippen LogP contribution is -2.39. The van der Waals surface area contributed by atoms with E-state index in [0.717, 1.165) is 23.4 Å². The second-order valence-electron chi connectivity index (χ2n) is 6.37. The largest absolute Gasteiger partial charge is 0.497 e. The second-order valence-corrected chi connectivity index (χ2v) is 6.93. The molecule has 3 rings (SSSR count). The van der Waals surface area contributed by atoms with Gasteiger partial charge in [-0.1, -0.05) is 28.1 Å². The number of anilines is 2. The molecule has 0 aliphatic carbocycles. The van der Waals surface area contributed by atoms with Crippen molar-refractivity contribution in [1.82, 2.24) is 0 Å². The highest BCUT2D eigenvalue weighted by molar-refractivity contribution is 9.09. The van der Waals surface area contributed by atoms with Gasteiger partial charge in [-0.3, -0.25) is 4.79 Å². The maximum atomic E-state index is 12.0. The zero-order valence-corrected chi connectivity index (χ0v) is 16.5. The summed E-state index contributed by atoms with van der Waals surface area (Å²) in [5.74, 6) is -0.320. The van der Waals surface area contributed by atoms with E-state index in [2.05, 4.69) is 21.2 Å². The van der Waals surface area contributed by atoms with Gasteiger partial charge in [-0.05, 0) is 48.4 Å². The molecule has 0 bridgehead atoms. The summed E-state index contributed by atoms with van der Waals surface area (Å²) < 4.78 is 5.18. The number of nitrogens with zero attached hydrogens (tertiary/aromatic N) is 1. The predicted molar refractivity (Wildman–Crippen MR) is 108 cm³/mol. The highest BCUT2D eigenvalue weighted by Crippen LogP contribution is 2.37. The van der Waals surface area contributed by atoms with Gasteiger partial charge in [0.15, 0.2) is 0 Å². The Morgan fingerprint density at radius 1 is 1.19 bits per heavy atom. The number of methoxy groups -OCH3 is 1. The van der Waals surface area contributed by atoms with E-state index in [4.69, 9.17) is 4.74 Å². The molecule has 0 radical (unpaired) electrons. The van der Waals surface area contributed by atoms with E-state index in [0.29, 0.717) is 12.2 Å². The summed E-state index contributed by atoms with van der Waals surface area (Å²) in [6, 6.07) is 14.2. The Kier molecular flexibility index (Phi) is 6.01. The molecule has 7 heteroatoms. The molecule has 2 aromatic carbocycles. The van der Waals surface area contributed by atoms with Gasteiger partial charge in [0.05, 0.1) is 12.4 Å². The molecule has 142 valence electrons. The first-order valence-electron chi connectivity index (χ1n) is 8.62. The van der Waals surface area contributed by atoms with Crippen LogP contribution < -0.4 is 15.0 Å². The van der Waals surface area contributed by atoms with Crippen LogP contribution in [0, 0.1) is 0 Å². The fraction of sp³-hybridized carbons (Fsp3) is 0.300. The van der Waals surface area contributed by atoms with Crippen LogP contribution in [0.15, 0.2) is 48.5 Å². The van der Waals surface area contributed by atoms with E-state index in [1.165, 1.54) is 0 Å². The molecule has 2 N–H and O–H groups in total. The molecule has 1 aliphatic heterocycles. The number of carbonyl (C=O) groups excluding carboxylic acids is 1. The average Bonchev–Trinajstić information content (AvgIpc) is 3.14. The van der Waals surface area contributed by atoms with Gasteiger partial charge in [0.2, 0.25) is 5.91 Å². The molecule has 1 fully saturated rings. The standard InChI is InChI=1S/C20H21BrN2O4/c1-27-16-8-2-13(3-9-16)17-10-11-23(19(17)20(25)26)15-6-4-14(5-7-15)22-18(24)12-21/h2-9,17,19H,10-12H2,1H3,(H,22,24)(H,25,26)/t17-,19+/m0/s1. The van der Waals surface area contributed by atoms with Crippen LogP contribution in [-0.4, -0.2) is 42.0 Å². The minimum Gasteiger partial charge on any atom is -0.497 e. The number of carboxylic acid groups (broad SMARTS) is 1. The van der Waals surface area contributed by atoms with Crippen LogP contribution in [-0.2, 0) is 9.59 Å². The molecule has 1 aliphatic rings. The van der Waals surface area contributed by atoms with Crippen LogP contribution in [0.1, 0.15) is 17.9 Å². The molecule has 6 nitrogen and oxygen atoms in total. The first-order chi connectivity index (χ1) is 13.0. The van der Waals surface area contributed by atoms with Crippen LogP contribution in [0.25, 0.3) is 0 Å². The van der Waals surface area contributed by atoms with E-state index in [1.807, 2.05) is 41.3 Å². The molecule has 0 aromatic heterocycles. The first kappa shape index (κ1) is 19.2. The summed E-state index contributed by atoms with van der Waals surface area (Å²) in [5, 5.41) is 12.8. The van der Waals surface area contributed by atoms with Gasteiger partial charge >= 0.3 is 5.97 Å². The Balaban J connectivity index is 1.81. The van der Waals surface area contributed by atoms with Gasteiger partial charge in [0.1, 0.15) is 11.8 Å². The molecular weight excluding hydrogens is 412 g/mol. The van der Waals surface area contributed by atoms with Crippen molar-refractivity contribution < 1.29 is 19.4 Å². The Labute approximate surface area is 166 Å². The zero-order chi connectivity index (χ0) is 19.4. The third-order valence-corrected chi connectivity index (χ3v) is 5.31. The number of hydrogen-bond acceptors (Lipinski definition) is 4. The number of carbonyl (C=O) groups is 2. The third kappa shape index (κ3) is 4.24. The zero-order valence-electron chi connectivity index (χ0n) is 14.9. The van der Waals surface area contributed by atoms with Crippen LogP contribution >= 0.6 is 15.9 Å². The van der Waals surface area contributed by atoms with E-state index in [-0.39, 0.29) is 17.2 Å². The lowest BCUT2D eigenvalue weighted by Gasteiger charge is -2.27. The SMILES string of the molecule is COc1ccc([C@@H]2CCN(c3ccc(NC(=O)CBr)cc3)[C@H]2C(=O)O)cc1. The summed E-state index contributed by atoms with van der Waals surface area (Å²) in [7, 11) is 1.61. The number of halogens is 1. The fourth-order valence-corrected chi connectivity index (χ4v) is 3.66. The van der Waals surface area contributed by atoms with Crippen LogP contribution in [0.3, 0.4) is 0 Å². The number of rotatable bonds is 6. The number of alkyl halides is 1.